The Labute approximate surface area is 174 Å². The molecule has 1 aromatic heterocycles. The van der Waals surface area contributed by atoms with E-state index in [1.165, 1.54) is 0 Å². The normalized spacial score (nSPS) is 10.7. The van der Waals surface area contributed by atoms with E-state index in [0.717, 1.165) is 22.3 Å². The number of ether oxygens (including phenoxy) is 2. The van der Waals surface area contributed by atoms with Gasteiger partial charge in [0.2, 0.25) is 0 Å². The maximum atomic E-state index is 12.4. The van der Waals surface area contributed by atoms with Gasteiger partial charge in [-0.1, -0.05) is 36.4 Å². The molecule has 0 amide bonds. The molecular formula is C25H21NO4. The summed E-state index contributed by atoms with van der Waals surface area (Å²) in [6.07, 6.45) is 0. The van der Waals surface area contributed by atoms with Gasteiger partial charge in [0.1, 0.15) is 11.5 Å². The highest BCUT2D eigenvalue weighted by Crippen LogP contribution is 2.32. The number of carbonyl (C=O) groups excluding carboxylic acids is 2. The summed E-state index contributed by atoms with van der Waals surface area (Å²) < 4.78 is 12.9. The molecule has 0 aliphatic heterocycles. The fourth-order valence-corrected chi connectivity index (χ4v) is 3.64. The van der Waals surface area contributed by atoms with Gasteiger partial charge in [0.25, 0.3) is 0 Å². The third-order valence-corrected chi connectivity index (χ3v) is 4.87. The molecule has 1 heterocycles. The van der Waals surface area contributed by atoms with Crippen LogP contribution in [0.3, 0.4) is 0 Å². The highest BCUT2D eigenvalue weighted by atomic mass is 16.6. The molecule has 0 radical (unpaired) electrons. The molecule has 4 rings (SSSR count). The second kappa shape index (κ2) is 8.25. The third-order valence-electron chi connectivity index (χ3n) is 4.87. The molecule has 30 heavy (non-hydrogen) atoms. The Hall–Kier alpha value is -3.86. The number of carbonyl (C=O) groups is 2. The molecule has 0 bridgehead atoms. The number of nitrogens with zero attached hydrogens (tertiary/aromatic N) is 1. The third kappa shape index (κ3) is 3.82. The summed E-state index contributed by atoms with van der Waals surface area (Å²) >= 11 is 0. The lowest BCUT2D eigenvalue weighted by Crippen LogP contribution is -2.17. The summed E-state index contributed by atoms with van der Waals surface area (Å²) in [6.45, 7) is 3.26. The number of hydrogen-bond donors (Lipinski definition) is 0. The Morgan fingerprint density at radius 3 is 2.20 bits per heavy atom. The maximum Gasteiger partial charge on any atom is 0.349 e. The van der Waals surface area contributed by atoms with E-state index < -0.39 is 5.97 Å². The van der Waals surface area contributed by atoms with Gasteiger partial charge in [0.15, 0.2) is 12.4 Å². The number of rotatable bonds is 6. The summed E-state index contributed by atoms with van der Waals surface area (Å²) in [5, 5.41) is 0.748. The number of esters is 1. The summed E-state index contributed by atoms with van der Waals surface area (Å²) in [6, 6.07) is 24.2. The maximum absolute atomic E-state index is 12.4. The first-order valence-electron chi connectivity index (χ1n) is 9.64. The van der Waals surface area contributed by atoms with Crippen LogP contribution in [-0.2, 0) is 4.79 Å². The van der Waals surface area contributed by atoms with Gasteiger partial charge >= 0.3 is 5.97 Å². The lowest BCUT2D eigenvalue weighted by Gasteiger charge is -2.09. The van der Waals surface area contributed by atoms with E-state index in [4.69, 9.17) is 9.47 Å². The highest BCUT2D eigenvalue weighted by Gasteiger charge is 2.19. The lowest BCUT2D eigenvalue weighted by molar-refractivity contribution is -0.136. The van der Waals surface area contributed by atoms with Gasteiger partial charge in [-0.15, -0.1) is 0 Å². The van der Waals surface area contributed by atoms with Crippen molar-refractivity contribution in [3.63, 3.8) is 0 Å². The molecule has 0 atom stereocenters. The first-order chi connectivity index (χ1) is 14.5. The van der Waals surface area contributed by atoms with Crippen molar-refractivity contribution < 1.29 is 19.1 Å². The topological polar surface area (TPSA) is 57.5 Å². The summed E-state index contributed by atoms with van der Waals surface area (Å²) in [5.74, 6) is 0.418. The van der Waals surface area contributed by atoms with Crippen LogP contribution in [-0.4, -0.2) is 22.9 Å². The van der Waals surface area contributed by atoms with E-state index in [0.29, 0.717) is 17.1 Å². The Morgan fingerprint density at radius 2 is 1.53 bits per heavy atom. The molecule has 150 valence electrons. The molecule has 0 unspecified atom stereocenters. The van der Waals surface area contributed by atoms with E-state index in [9.17, 15) is 9.59 Å². The fraction of sp³-hybridized carbons (Fsp3) is 0.120. The van der Waals surface area contributed by atoms with E-state index >= 15 is 0 Å². The number of hydrogen-bond acceptors (Lipinski definition) is 4. The van der Waals surface area contributed by atoms with Crippen molar-refractivity contribution in [2.75, 3.05) is 6.61 Å². The number of para-hydroxylation sites is 2. The van der Waals surface area contributed by atoms with Crippen LogP contribution >= 0.6 is 0 Å². The van der Waals surface area contributed by atoms with Gasteiger partial charge in [0, 0.05) is 22.3 Å². The molecule has 0 saturated heterocycles. The summed E-state index contributed by atoms with van der Waals surface area (Å²) in [4.78, 5) is 24.6. The molecular weight excluding hydrogens is 378 g/mol. The van der Waals surface area contributed by atoms with Crippen molar-refractivity contribution in [2.24, 2.45) is 0 Å². The first-order valence-corrected chi connectivity index (χ1v) is 9.64. The van der Waals surface area contributed by atoms with Crippen LogP contribution in [0, 0.1) is 6.92 Å². The van der Waals surface area contributed by atoms with E-state index in [1.54, 1.807) is 31.2 Å². The largest absolute Gasteiger partial charge is 0.482 e. The number of fused-ring (bicyclic) bond motifs is 1. The summed E-state index contributed by atoms with van der Waals surface area (Å²) in [5.41, 5.74) is 3.31. The zero-order chi connectivity index (χ0) is 21.1. The van der Waals surface area contributed by atoms with Crippen molar-refractivity contribution in [3.05, 3.63) is 90.1 Å². The minimum absolute atomic E-state index is 0.0388. The number of Topliss-reactive ketones (excluding diaryl/α,β-unsaturated/α-hetero) is 1. The van der Waals surface area contributed by atoms with Crippen LogP contribution in [0.5, 0.6) is 11.5 Å². The molecule has 0 aliphatic rings. The van der Waals surface area contributed by atoms with Gasteiger partial charge in [-0.3, -0.25) is 4.79 Å². The molecule has 0 fully saturated rings. The first kappa shape index (κ1) is 19.5. The second-order valence-electron chi connectivity index (χ2n) is 6.94. The van der Waals surface area contributed by atoms with Crippen LogP contribution in [0.4, 0.5) is 0 Å². The standard InChI is InChI=1S/C25H21NO4/c1-17-25(18(2)27)22-15-21(30-24(28)16-29-20-11-7-4-8-12-20)13-14-23(22)26(17)19-9-5-3-6-10-19/h3-15H,16H2,1-2H3. The molecule has 0 saturated carbocycles. The van der Waals surface area contributed by atoms with Crippen LogP contribution in [0.1, 0.15) is 23.0 Å². The predicted octanol–water partition coefficient (Wildman–Crippen LogP) is 5.13. The minimum atomic E-state index is -0.512. The van der Waals surface area contributed by atoms with Crippen molar-refractivity contribution in [1.82, 2.24) is 4.57 Å². The van der Waals surface area contributed by atoms with Crippen molar-refractivity contribution in [3.8, 4) is 17.2 Å². The average Bonchev–Trinajstić information content (AvgIpc) is 3.05. The van der Waals surface area contributed by atoms with Crippen molar-refractivity contribution >= 4 is 22.7 Å². The van der Waals surface area contributed by atoms with Crippen LogP contribution in [0.2, 0.25) is 0 Å². The average molecular weight is 399 g/mol. The molecule has 3 aromatic carbocycles. The number of ketones is 1. The fourth-order valence-electron chi connectivity index (χ4n) is 3.64. The van der Waals surface area contributed by atoms with Gasteiger partial charge in [0.05, 0.1) is 5.52 Å². The molecule has 4 aromatic rings. The van der Waals surface area contributed by atoms with E-state index in [1.807, 2.05) is 66.1 Å². The molecule has 0 N–H and O–H groups in total. The Balaban J connectivity index is 1.64. The number of aromatic nitrogens is 1. The van der Waals surface area contributed by atoms with Crippen LogP contribution in [0.15, 0.2) is 78.9 Å². The Kier molecular flexibility index (Phi) is 5.35. The quantitative estimate of drug-likeness (QED) is 0.256. The molecule has 0 aliphatic carbocycles. The van der Waals surface area contributed by atoms with E-state index in [2.05, 4.69) is 0 Å². The van der Waals surface area contributed by atoms with Crippen molar-refractivity contribution in [2.45, 2.75) is 13.8 Å². The second-order valence-corrected chi connectivity index (χ2v) is 6.94. The molecule has 5 nitrogen and oxygen atoms in total. The minimum Gasteiger partial charge on any atom is -0.482 e. The van der Waals surface area contributed by atoms with Crippen molar-refractivity contribution in [1.29, 1.82) is 0 Å². The predicted molar refractivity (Wildman–Crippen MR) is 116 cm³/mol. The smallest absolute Gasteiger partial charge is 0.349 e. The highest BCUT2D eigenvalue weighted by molar-refractivity contribution is 6.09. The Morgan fingerprint density at radius 1 is 0.867 bits per heavy atom. The zero-order valence-corrected chi connectivity index (χ0v) is 16.8. The lowest BCUT2D eigenvalue weighted by atomic mass is 10.1. The summed E-state index contributed by atoms with van der Waals surface area (Å²) in [7, 11) is 0. The monoisotopic (exact) mass is 399 g/mol. The Bertz CT molecular complexity index is 1210. The van der Waals surface area contributed by atoms with Crippen LogP contribution < -0.4 is 9.47 Å². The zero-order valence-electron chi connectivity index (χ0n) is 16.8. The van der Waals surface area contributed by atoms with Gasteiger partial charge < -0.3 is 14.0 Å². The number of benzene rings is 3. The molecule has 0 spiro atoms. The van der Waals surface area contributed by atoms with Gasteiger partial charge in [-0.25, -0.2) is 4.79 Å². The van der Waals surface area contributed by atoms with Gasteiger partial charge in [-0.2, -0.15) is 0 Å². The molecule has 5 heteroatoms. The SMILES string of the molecule is CC(=O)c1c(C)n(-c2ccccc2)c2ccc(OC(=O)COc3ccccc3)cc12. The van der Waals surface area contributed by atoms with Crippen LogP contribution in [0.25, 0.3) is 16.6 Å². The van der Waals surface area contributed by atoms with E-state index in [-0.39, 0.29) is 12.4 Å². The van der Waals surface area contributed by atoms with Gasteiger partial charge in [-0.05, 0) is 56.3 Å².